The first-order valence-corrected chi connectivity index (χ1v) is 5.23. The number of methoxy groups -OCH3 is 1. The fourth-order valence-corrected chi connectivity index (χ4v) is 1.90. The number of carbonyl (C=O) groups is 2. The molecule has 0 aromatic rings. The first kappa shape index (κ1) is 12.8. The van der Waals surface area contributed by atoms with Crippen LogP contribution in [0.2, 0.25) is 0 Å². The lowest BCUT2D eigenvalue weighted by Crippen LogP contribution is -2.48. The molecule has 0 radical (unpaired) electrons. The number of carboxylic acid groups (broad SMARTS) is 1. The van der Waals surface area contributed by atoms with Crippen molar-refractivity contribution in [1.29, 1.82) is 0 Å². The SMILES string of the molecule is COC(=O)NC(C(=O)O)C1CCO[C@@H](C)C1. The molecule has 1 rings (SSSR count). The second-order valence-corrected chi connectivity index (χ2v) is 3.92. The molecule has 6 heteroatoms. The van der Waals surface area contributed by atoms with Gasteiger partial charge in [-0.3, -0.25) is 0 Å². The number of ether oxygens (including phenoxy) is 2. The van der Waals surface area contributed by atoms with Crippen molar-refractivity contribution in [2.24, 2.45) is 5.92 Å². The summed E-state index contributed by atoms with van der Waals surface area (Å²) in [6.45, 7) is 2.42. The van der Waals surface area contributed by atoms with E-state index in [9.17, 15) is 9.59 Å². The maximum Gasteiger partial charge on any atom is 0.407 e. The molecule has 0 aromatic heterocycles. The molecule has 0 spiro atoms. The van der Waals surface area contributed by atoms with Crippen LogP contribution in [0.5, 0.6) is 0 Å². The standard InChI is InChI=1S/C10H17NO5/c1-6-5-7(3-4-16-6)8(9(12)13)11-10(14)15-2/h6-8H,3-5H2,1-2H3,(H,11,14)(H,12,13)/t6-,7?,8?/m0/s1. The lowest BCUT2D eigenvalue weighted by Gasteiger charge is -2.31. The minimum absolute atomic E-state index is 0.0278. The molecule has 1 aliphatic rings. The first-order valence-electron chi connectivity index (χ1n) is 5.23. The summed E-state index contributed by atoms with van der Waals surface area (Å²) < 4.78 is 9.74. The summed E-state index contributed by atoms with van der Waals surface area (Å²) in [5, 5.41) is 11.4. The quantitative estimate of drug-likeness (QED) is 0.743. The maximum absolute atomic E-state index is 11.0. The van der Waals surface area contributed by atoms with E-state index >= 15 is 0 Å². The van der Waals surface area contributed by atoms with Crippen LogP contribution >= 0.6 is 0 Å². The zero-order valence-corrected chi connectivity index (χ0v) is 9.43. The van der Waals surface area contributed by atoms with Gasteiger partial charge in [-0.25, -0.2) is 9.59 Å². The van der Waals surface area contributed by atoms with Gasteiger partial charge in [0.15, 0.2) is 0 Å². The van der Waals surface area contributed by atoms with Gasteiger partial charge in [0.25, 0.3) is 0 Å². The third-order valence-electron chi connectivity index (χ3n) is 2.72. The normalized spacial score (nSPS) is 26.9. The Kier molecular flexibility index (Phi) is 4.54. The molecule has 92 valence electrons. The summed E-state index contributed by atoms with van der Waals surface area (Å²) in [7, 11) is 1.21. The van der Waals surface area contributed by atoms with Crippen LogP contribution in [0.25, 0.3) is 0 Å². The summed E-state index contributed by atoms with van der Waals surface area (Å²) in [5.41, 5.74) is 0. The fraction of sp³-hybridized carbons (Fsp3) is 0.800. The average Bonchev–Trinajstić information content (AvgIpc) is 2.25. The van der Waals surface area contributed by atoms with E-state index in [0.29, 0.717) is 19.4 Å². The smallest absolute Gasteiger partial charge is 0.407 e. The summed E-state index contributed by atoms with van der Waals surface area (Å²) in [6.07, 6.45) is 0.568. The van der Waals surface area contributed by atoms with Gasteiger partial charge >= 0.3 is 12.1 Å². The number of aliphatic carboxylic acids is 1. The van der Waals surface area contributed by atoms with Crippen LogP contribution in [0.1, 0.15) is 19.8 Å². The van der Waals surface area contributed by atoms with Crippen LogP contribution in [0.3, 0.4) is 0 Å². The van der Waals surface area contributed by atoms with Gasteiger partial charge in [-0.1, -0.05) is 0 Å². The van der Waals surface area contributed by atoms with E-state index in [2.05, 4.69) is 10.1 Å². The molecule has 1 aliphatic heterocycles. The molecule has 0 aromatic carbocycles. The van der Waals surface area contributed by atoms with Gasteiger partial charge < -0.3 is 19.9 Å². The molecule has 2 N–H and O–H groups in total. The molecule has 0 aliphatic carbocycles. The Morgan fingerprint density at radius 1 is 1.56 bits per heavy atom. The van der Waals surface area contributed by atoms with Crippen molar-refractivity contribution in [3.05, 3.63) is 0 Å². The number of alkyl carbamates (subject to hydrolysis) is 1. The lowest BCUT2D eigenvalue weighted by atomic mass is 9.89. The highest BCUT2D eigenvalue weighted by molar-refractivity contribution is 5.80. The first-order chi connectivity index (χ1) is 7.54. The van der Waals surface area contributed by atoms with Gasteiger partial charge in [-0.2, -0.15) is 0 Å². The largest absolute Gasteiger partial charge is 0.480 e. The van der Waals surface area contributed by atoms with Gasteiger partial charge in [0, 0.05) is 6.61 Å². The van der Waals surface area contributed by atoms with E-state index in [1.165, 1.54) is 7.11 Å². The van der Waals surface area contributed by atoms with Crippen molar-refractivity contribution in [2.75, 3.05) is 13.7 Å². The second kappa shape index (κ2) is 5.69. The van der Waals surface area contributed by atoms with E-state index in [4.69, 9.17) is 9.84 Å². The third-order valence-corrected chi connectivity index (χ3v) is 2.72. The highest BCUT2D eigenvalue weighted by Crippen LogP contribution is 2.23. The summed E-state index contributed by atoms with van der Waals surface area (Å²) in [6, 6.07) is -0.904. The lowest BCUT2D eigenvalue weighted by molar-refractivity contribution is -0.142. The van der Waals surface area contributed by atoms with Gasteiger partial charge in [0.05, 0.1) is 13.2 Å². The van der Waals surface area contributed by atoms with Crippen molar-refractivity contribution in [2.45, 2.75) is 31.9 Å². The number of nitrogens with one attached hydrogen (secondary N) is 1. The minimum Gasteiger partial charge on any atom is -0.480 e. The number of rotatable bonds is 3. The number of amides is 1. The highest BCUT2D eigenvalue weighted by Gasteiger charge is 2.33. The third kappa shape index (κ3) is 3.37. The van der Waals surface area contributed by atoms with E-state index in [1.54, 1.807) is 0 Å². The molecule has 1 fully saturated rings. The Hall–Kier alpha value is -1.30. The highest BCUT2D eigenvalue weighted by atomic mass is 16.5. The maximum atomic E-state index is 11.0. The number of carboxylic acids is 1. The molecule has 3 atom stereocenters. The number of hydrogen-bond donors (Lipinski definition) is 2. The fourth-order valence-electron chi connectivity index (χ4n) is 1.90. The molecular weight excluding hydrogens is 214 g/mol. The molecule has 2 unspecified atom stereocenters. The van der Waals surface area contributed by atoms with Crippen molar-refractivity contribution in [3.63, 3.8) is 0 Å². The molecule has 16 heavy (non-hydrogen) atoms. The molecule has 1 heterocycles. The van der Waals surface area contributed by atoms with E-state index in [1.807, 2.05) is 6.92 Å². The number of carbonyl (C=O) groups excluding carboxylic acids is 1. The second-order valence-electron chi connectivity index (χ2n) is 3.92. The van der Waals surface area contributed by atoms with Crippen LogP contribution < -0.4 is 5.32 Å². The van der Waals surface area contributed by atoms with E-state index in [0.717, 1.165) is 0 Å². The van der Waals surface area contributed by atoms with Crippen LogP contribution in [0.4, 0.5) is 4.79 Å². The molecule has 0 bridgehead atoms. The summed E-state index contributed by atoms with van der Waals surface area (Å²) >= 11 is 0. The molecular formula is C10H17NO5. The predicted octanol–water partition coefficient (Wildman–Crippen LogP) is 0.611. The van der Waals surface area contributed by atoms with Crippen molar-refractivity contribution in [3.8, 4) is 0 Å². The molecule has 0 saturated carbocycles. The minimum atomic E-state index is -1.04. The zero-order valence-electron chi connectivity index (χ0n) is 9.43. The van der Waals surface area contributed by atoms with E-state index < -0.39 is 18.1 Å². The monoisotopic (exact) mass is 231 g/mol. The van der Waals surface area contributed by atoms with Gasteiger partial charge in [0.1, 0.15) is 6.04 Å². The Balaban J connectivity index is 2.61. The Morgan fingerprint density at radius 3 is 2.75 bits per heavy atom. The van der Waals surface area contributed by atoms with Gasteiger partial charge in [-0.05, 0) is 25.7 Å². The van der Waals surface area contributed by atoms with Crippen molar-refractivity contribution >= 4 is 12.1 Å². The Bertz CT molecular complexity index is 268. The van der Waals surface area contributed by atoms with Crippen molar-refractivity contribution < 1.29 is 24.2 Å². The zero-order chi connectivity index (χ0) is 12.1. The molecule has 1 amide bonds. The van der Waals surface area contributed by atoms with Crippen molar-refractivity contribution in [1.82, 2.24) is 5.32 Å². The van der Waals surface area contributed by atoms with Crippen LogP contribution in [0.15, 0.2) is 0 Å². The van der Waals surface area contributed by atoms with Gasteiger partial charge in [0.2, 0.25) is 0 Å². The Labute approximate surface area is 93.9 Å². The topological polar surface area (TPSA) is 84.9 Å². The molecule has 6 nitrogen and oxygen atoms in total. The van der Waals surface area contributed by atoms with Crippen LogP contribution in [-0.2, 0) is 14.3 Å². The summed E-state index contributed by atoms with van der Waals surface area (Å²) in [4.78, 5) is 22.1. The Morgan fingerprint density at radius 2 is 2.25 bits per heavy atom. The predicted molar refractivity (Wildman–Crippen MR) is 55.1 cm³/mol. The molecule has 1 saturated heterocycles. The van der Waals surface area contributed by atoms with Crippen LogP contribution in [0, 0.1) is 5.92 Å². The van der Waals surface area contributed by atoms with Gasteiger partial charge in [-0.15, -0.1) is 0 Å². The summed E-state index contributed by atoms with van der Waals surface area (Å²) in [5.74, 6) is -1.15. The number of hydrogen-bond acceptors (Lipinski definition) is 4. The average molecular weight is 231 g/mol. The van der Waals surface area contributed by atoms with Crippen LogP contribution in [-0.4, -0.2) is 43.0 Å². The van der Waals surface area contributed by atoms with E-state index in [-0.39, 0.29) is 12.0 Å².